The Labute approximate surface area is 202 Å². The van der Waals surface area contributed by atoms with Gasteiger partial charge in [-0.3, -0.25) is 14.6 Å². The molecule has 0 aliphatic carbocycles. The molecule has 1 amide bonds. The molecule has 1 aromatic heterocycles. The number of nitrogens with zero attached hydrogens (tertiary/aromatic N) is 4. The first kappa shape index (κ1) is 21.0. The Morgan fingerprint density at radius 2 is 1.82 bits per heavy atom. The van der Waals surface area contributed by atoms with Crippen molar-refractivity contribution in [1.29, 1.82) is 5.26 Å². The number of aromatic nitrogens is 1. The SMILES string of the molecule is CC(c1ccc2scnc2c1)N1CCC2(CC1)C(=O)N(c1ccc(C#N)cc1)c1ccccc12. The highest BCUT2D eigenvalue weighted by molar-refractivity contribution is 7.16. The number of nitriles is 1. The second-order valence-corrected chi connectivity index (χ2v) is 10.1. The summed E-state index contributed by atoms with van der Waals surface area (Å²) in [4.78, 5) is 22.8. The fourth-order valence-corrected chi connectivity index (χ4v) is 6.23. The maximum absolute atomic E-state index is 14.0. The number of carbonyl (C=O) groups is 1. The van der Waals surface area contributed by atoms with E-state index < -0.39 is 5.41 Å². The zero-order valence-corrected chi connectivity index (χ0v) is 19.8. The van der Waals surface area contributed by atoms with Crippen molar-refractivity contribution in [1.82, 2.24) is 9.88 Å². The molecule has 2 aliphatic rings. The van der Waals surface area contributed by atoms with Gasteiger partial charge in [-0.1, -0.05) is 24.3 Å². The number of thiazole rings is 1. The van der Waals surface area contributed by atoms with Gasteiger partial charge in [0.15, 0.2) is 0 Å². The molecular weight excluding hydrogens is 440 g/mol. The summed E-state index contributed by atoms with van der Waals surface area (Å²) in [6.07, 6.45) is 1.58. The van der Waals surface area contributed by atoms with Crippen LogP contribution in [-0.4, -0.2) is 28.9 Å². The summed E-state index contributed by atoms with van der Waals surface area (Å²) in [6.45, 7) is 3.97. The summed E-state index contributed by atoms with van der Waals surface area (Å²) >= 11 is 1.67. The molecule has 1 unspecified atom stereocenters. The van der Waals surface area contributed by atoms with E-state index in [0.29, 0.717) is 5.56 Å². The predicted octanol–water partition coefficient (Wildman–Crippen LogP) is 5.94. The van der Waals surface area contributed by atoms with Crippen molar-refractivity contribution < 1.29 is 4.79 Å². The summed E-state index contributed by atoms with van der Waals surface area (Å²) in [6, 6.07) is 24.5. The average molecular weight is 465 g/mol. The van der Waals surface area contributed by atoms with E-state index in [2.05, 4.69) is 47.1 Å². The molecule has 3 heterocycles. The number of rotatable bonds is 3. The third-order valence-corrected chi connectivity index (χ3v) is 8.37. The van der Waals surface area contributed by atoms with E-state index >= 15 is 0 Å². The number of anilines is 2. The molecule has 0 radical (unpaired) electrons. The first-order valence-electron chi connectivity index (χ1n) is 11.6. The number of para-hydroxylation sites is 1. The molecule has 3 aromatic carbocycles. The van der Waals surface area contributed by atoms with Crippen LogP contribution in [0.4, 0.5) is 11.4 Å². The van der Waals surface area contributed by atoms with Crippen molar-refractivity contribution in [3.63, 3.8) is 0 Å². The quantitative estimate of drug-likeness (QED) is 0.376. The molecule has 0 N–H and O–H groups in total. The van der Waals surface area contributed by atoms with Crippen LogP contribution < -0.4 is 4.90 Å². The van der Waals surface area contributed by atoms with E-state index in [4.69, 9.17) is 5.26 Å². The van der Waals surface area contributed by atoms with Crippen LogP contribution >= 0.6 is 11.3 Å². The first-order valence-corrected chi connectivity index (χ1v) is 12.5. The van der Waals surface area contributed by atoms with Gasteiger partial charge in [-0.05, 0) is 73.4 Å². The highest BCUT2D eigenvalue weighted by Gasteiger charge is 2.52. The second-order valence-electron chi connectivity index (χ2n) is 9.19. The Morgan fingerprint density at radius 3 is 2.59 bits per heavy atom. The van der Waals surface area contributed by atoms with Gasteiger partial charge in [0.25, 0.3) is 0 Å². The number of likely N-dealkylation sites (tertiary alicyclic amines) is 1. The van der Waals surface area contributed by atoms with Gasteiger partial charge in [-0.15, -0.1) is 11.3 Å². The van der Waals surface area contributed by atoms with Crippen LogP contribution in [0.1, 0.15) is 42.5 Å². The Balaban J connectivity index is 1.28. The number of carbonyl (C=O) groups excluding carboxylic acids is 1. The van der Waals surface area contributed by atoms with Crippen molar-refractivity contribution in [3.05, 3.63) is 88.9 Å². The molecule has 0 bridgehead atoms. The van der Waals surface area contributed by atoms with Crippen molar-refractivity contribution in [3.8, 4) is 6.07 Å². The molecule has 1 saturated heterocycles. The van der Waals surface area contributed by atoms with Crippen LogP contribution in [0.25, 0.3) is 10.2 Å². The van der Waals surface area contributed by atoms with Crippen LogP contribution in [0.15, 0.2) is 72.2 Å². The average Bonchev–Trinajstić information content (AvgIpc) is 3.45. The number of fused-ring (bicyclic) bond motifs is 3. The molecule has 4 aromatic rings. The number of benzene rings is 3. The fraction of sp³-hybridized carbons (Fsp3) is 0.250. The Morgan fingerprint density at radius 1 is 1.06 bits per heavy atom. The van der Waals surface area contributed by atoms with Gasteiger partial charge in [0, 0.05) is 24.8 Å². The predicted molar refractivity (Wildman–Crippen MR) is 135 cm³/mol. The topological polar surface area (TPSA) is 60.2 Å². The molecule has 168 valence electrons. The maximum Gasteiger partial charge on any atom is 0.242 e. The number of amides is 1. The largest absolute Gasteiger partial charge is 0.297 e. The molecule has 34 heavy (non-hydrogen) atoms. The van der Waals surface area contributed by atoms with Crippen LogP contribution in [0.2, 0.25) is 0 Å². The van der Waals surface area contributed by atoms with E-state index in [0.717, 1.165) is 48.4 Å². The highest BCUT2D eigenvalue weighted by atomic mass is 32.1. The lowest BCUT2D eigenvalue weighted by Gasteiger charge is -2.41. The second kappa shape index (κ2) is 8.05. The van der Waals surface area contributed by atoms with Crippen LogP contribution in [0.3, 0.4) is 0 Å². The van der Waals surface area contributed by atoms with Crippen molar-refractivity contribution in [2.75, 3.05) is 18.0 Å². The van der Waals surface area contributed by atoms with Gasteiger partial charge in [-0.2, -0.15) is 5.26 Å². The van der Waals surface area contributed by atoms with Gasteiger partial charge in [0.05, 0.1) is 38.5 Å². The minimum atomic E-state index is -0.500. The smallest absolute Gasteiger partial charge is 0.242 e. The lowest BCUT2D eigenvalue weighted by Crippen LogP contribution is -2.48. The highest BCUT2D eigenvalue weighted by Crippen LogP contribution is 2.51. The van der Waals surface area contributed by atoms with Gasteiger partial charge >= 0.3 is 0 Å². The summed E-state index contributed by atoms with van der Waals surface area (Å²) in [5.74, 6) is 0.148. The van der Waals surface area contributed by atoms with Crippen molar-refractivity contribution in [2.45, 2.75) is 31.2 Å². The van der Waals surface area contributed by atoms with E-state index in [1.165, 1.54) is 10.3 Å². The number of piperidine rings is 1. The van der Waals surface area contributed by atoms with Gasteiger partial charge in [0.1, 0.15) is 0 Å². The van der Waals surface area contributed by atoms with Crippen LogP contribution in [0.5, 0.6) is 0 Å². The monoisotopic (exact) mass is 464 g/mol. The van der Waals surface area contributed by atoms with E-state index in [9.17, 15) is 4.79 Å². The standard InChI is InChI=1S/C28H24N4OS/c1-19(21-8-11-26-24(16-21)30-18-34-26)31-14-12-28(13-15-31)23-4-2-3-5-25(23)32(27(28)33)22-9-6-20(17-29)7-10-22/h2-11,16,18-19H,12-15H2,1H3. The minimum Gasteiger partial charge on any atom is -0.297 e. The lowest BCUT2D eigenvalue weighted by atomic mass is 9.73. The Hall–Kier alpha value is -3.53. The third-order valence-electron chi connectivity index (χ3n) is 7.56. The Kier molecular flexibility index (Phi) is 4.98. The molecule has 0 saturated carbocycles. The summed E-state index contributed by atoms with van der Waals surface area (Å²) in [5, 5.41) is 9.16. The van der Waals surface area contributed by atoms with Gasteiger partial charge in [-0.25, -0.2) is 4.98 Å². The van der Waals surface area contributed by atoms with Gasteiger partial charge in [0.2, 0.25) is 5.91 Å². The number of hydrogen-bond donors (Lipinski definition) is 0. The van der Waals surface area contributed by atoms with E-state index in [1.54, 1.807) is 23.5 Å². The van der Waals surface area contributed by atoms with E-state index in [1.807, 2.05) is 40.7 Å². The molecule has 5 nitrogen and oxygen atoms in total. The van der Waals surface area contributed by atoms with Crippen LogP contribution in [-0.2, 0) is 10.2 Å². The zero-order chi connectivity index (χ0) is 23.3. The minimum absolute atomic E-state index is 0.148. The molecule has 6 rings (SSSR count). The maximum atomic E-state index is 14.0. The summed E-state index contributed by atoms with van der Waals surface area (Å²) in [5.41, 5.74) is 7.23. The van der Waals surface area contributed by atoms with Crippen molar-refractivity contribution in [2.24, 2.45) is 0 Å². The molecule has 6 heteroatoms. The molecular formula is C28H24N4OS. The molecule has 1 spiro atoms. The molecule has 2 aliphatic heterocycles. The summed E-state index contributed by atoms with van der Waals surface area (Å²) in [7, 11) is 0. The van der Waals surface area contributed by atoms with Crippen molar-refractivity contribution >= 4 is 38.8 Å². The van der Waals surface area contributed by atoms with Gasteiger partial charge < -0.3 is 0 Å². The first-order chi connectivity index (χ1) is 16.6. The fourth-order valence-electron chi connectivity index (χ4n) is 5.58. The number of hydrogen-bond acceptors (Lipinski definition) is 5. The molecule has 1 fully saturated rings. The Bertz CT molecular complexity index is 1430. The van der Waals surface area contributed by atoms with Crippen LogP contribution in [0, 0.1) is 11.3 Å². The normalized spacial score (nSPS) is 18.2. The third kappa shape index (κ3) is 3.16. The molecule has 1 atom stereocenters. The summed E-state index contributed by atoms with van der Waals surface area (Å²) < 4.78 is 1.21. The van der Waals surface area contributed by atoms with E-state index in [-0.39, 0.29) is 11.9 Å². The lowest BCUT2D eigenvalue weighted by molar-refractivity contribution is -0.124. The zero-order valence-electron chi connectivity index (χ0n) is 18.9.